The molecule has 0 aliphatic rings. The zero-order valence-corrected chi connectivity index (χ0v) is 8.32. The van der Waals surface area contributed by atoms with Crippen LogP contribution >= 0.6 is 0 Å². The molecule has 0 spiro atoms. The molecule has 0 unspecified atom stereocenters. The fourth-order valence-electron chi connectivity index (χ4n) is 1.14. The largest absolute Gasteiger partial charge is 0.491 e. The number of alkyl halides is 2. The summed E-state index contributed by atoms with van der Waals surface area (Å²) in [6, 6.07) is 5.16. The summed E-state index contributed by atoms with van der Waals surface area (Å²) in [5.41, 5.74) is 4.00. The van der Waals surface area contributed by atoms with Gasteiger partial charge in [0.25, 0.3) is 5.91 Å². The Kier molecular flexibility index (Phi) is 3.78. The minimum absolute atomic E-state index is 0.133. The molecule has 0 aliphatic carbocycles. The normalized spacial score (nSPS) is 11.2. The highest BCUT2D eigenvalue weighted by atomic mass is 19.3. The van der Waals surface area contributed by atoms with Gasteiger partial charge in [0.2, 0.25) is 0 Å². The molecular formula is C10H11F2NO3. The Hall–Kier alpha value is -1.69. The van der Waals surface area contributed by atoms with Gasteiger partial charge >= 0.3 is 5.92 Å². The predicted molar refractivity (Wildman–Crippen MR) is 52.1 cm³/mol. The number of carbonyl (C=O) groups excluding carboxylic acids is 1. The third-order valence-electron chi connectivity index (χ3n) is 1.88. The van der Waals surface area contributed by atoms with Crippen molar-refractivity contribution in [1.82, 2.24) is 0 Å². The molecule has 0 saturated carbocycles. The fourth-order valence-corrected chi connectivity index (χ4v) is 1.14. The number of benzene rings is 1. The van der Waals surface area contributed by atoms with Gasteiger partial charge in [-0.25, -0.2) is 0 Å². The summed E-state index contributed by atoms with van der Waals surface area (Å²) in [4.78, 5) is 10.6. The molecule has 88 valence electrons. The van der Waals surface area contributed by atoms with E-state index in [1.807, 2.05) is 0 Å². The first-order valence-corrected chi connectivity index (χ1v) is 4.51. The zero-order valence-electron chi connectivity index (χ0n) is 8.32. The number of primary amides is 1. The summed E-state index contributed by atoms with van der Waals surface area (Å²) in [6.45, 7) is -0.442. The lowest BCUT2D eigenvalue weighted by atomic mass is 10.1. The van der Waals surface area contributed by atoms with E-state index in [1.54, 1.807) is 0 Å². The third-order valence-corrected chi connectivity index (χ3v) is 1.88. The van der Waals surface area contributed by atoms with Crippen molar-refractivity contribution in [2.24, 2.45) is 5.73 Å². The Morgan fingerprint density at radius 2 is 2.06 bits per heavy atom. The van der Waals surface area contributed by atoms with Gasteiger partial charge in [-0.15, -0.1) is 0 Å². The first-order chi connectivity index (χ1) is 7.50. The number of carbonyl (C=O) groups is 1. The second-order valence-corrected chi connectivity index (χ2v) is 3.01. The van der Waals surface area contributed by atoms with Crippen molar-refractivity contribution in [2.75, 3.05) is 13.2 Å². The number of amides is 1. The van der Waals surface area contributed by atoms with Gasteiger partial charge in [0.15, 0.2) is 0 Å². The van der Waals surface area contributed by atoms with E-state index in [2.05, 4.69) is 5.73 Å². The summed E-state index contributed by atoms with van der Waals surface area (Å²) in [7, 11) is 0. The van der Waals surface area contributed by atoms with Gasteiger partial charge in [0, 0.05) is 0 Å². The zero-order chi connectivity index (χ0) is 12.2. The molecule has 0 radical (unpaired) electrons. The molecule has 1 rings (SSSR count). The number of aliphatic hydroxyl groups excluding tert-OH is 1. The highest BCUT2D eigenvalue weighted by Crippen LogP contribution is 2.34. The lowest BCUT2D eigenvalue weighted by Gasteiger charge is -2.16. The quantitative estimate of drug-likeness (QED) is 0.780. The molecule has 6 heteroatoms. The van der Waals surface area contributed by atoms with Crippen LogP contribution in [0.4, 0.5) is 8.78 Å². The number of rotatable bonds is 5. The summed E-state index contributed by atoms with van der Waals surface area (Å²) >= 11 is 0. The molecule has 3 N–H and O–H groups in total. The molecule has 0 bridgehead atoms. The number of ether oxygens (including phenoxy) is 1. The highest BCUT2D eigenvalue weighted by Gasteiger charge is 2.41. The van der Waals surface area contributed by atoms with E-state index in [0.717, 1.165) is 6.07 Å². The second kappa shape index (κ2) is 4.89. The van der Waals surface area contributed by atoms with Crippen LogP contribution in [0.25, 0.3) is 0 Å². The molecule has 0 fully saturated rings. The van der Waals surface area contributed by atoms with Gasteiger partial charge in [-0.05, 0) is 12.1 Å². The predicted octanol–water partition coefficient (Wildman–Crippen LogP) is 0.635. The van der Waals surface area contributed by atoms with Gasteiger partial charge in [-0.2, -0.15) is 8.78 Å². The van der Waals surface area contributed by atoms with Gasteiger partial charge < -0.3 is 15.6 Å². The second-order valence-electron chi connectivity index (χ2n) is 3.01. The van der Waals surface area contributed by atoms with Crippen LogP contribution in [-0.2, 0) is 10.7 Å². The van der Waals surface area contributed by atoms with Crippen molar-refractivity contribution >= 4 is 5.91 Å². The molecule has 16 heavy (non-hydrogen) atoms. The average Bonchev–Trinajstić information content (AvgIpc) is 2.26. The summed E-state index contributed by atoms with van der Waals surface area (Å²) < 4.78 is 31.6. The van der Waals surface area contributed by atoms with Gasteiger partial charge in [0.1, 0.15) is 12.4 Å². The Morgan fingerprint density at radius 1 is 1.44 bits per heavy atom. The molecule has 4 nitrogen and oxygen atoms in total. The van der Waals surface area contributed by atoms with E-state index in [0.29, 0.717) is 0 Å². The van der Waals surface area contributed by atoms with Crippen LogP contribution in [0.2, 0.25) is 0 Å². The van der Waals surface area contributed by atoms with Crippen LogP contribution in [0.15, 0.2) is 24.3 Å². The Balaban J connectivity index is 3.07. The molecule has 1 aromatic rings. The number of hydrogen-bond acceptors (Lipinski definition) is 3. The summed E-state index contributed by atoms with van der Waals surface area (Å²) in [5, 5.41) is 8.53. The number of aliphatic hydroxyl groups is 1. The number of hydrogen-bond donors (Lipinski definition) is 2. The van der Waals surface area contributed by atoms with Crippen molar-refractivity contribution in [1.29, 1.82) is 0 Å². The van der Waals surface area contributed by atoms with E-state index in [-0.39, 0.29) is 19.0 Å². The van der Waals surface area contributed by atoms with Crippen LogP contribution in [0.3, 0.4) is 0 Å². The average molecular weight is 231 g/mol. The summed E-state index contributed by atoms with van der Waals surface area (Å²) in [6.07, 6.45) is 0. The lowest BCUT2D eigenvalue weighted by molar-refractivity contribution is -0.143. The van der Waals surface area contributed by atoms with Crippen molar-refractivity contribution in [3.63, 3.8) is 0 Å². The third kappa shape index (κ3) is 2.46. The van der Waals surface area contributed by atoms with Gasteiger partial charge in [0.05, 0.1) is 12.2 Å². The first-order valence-electron chi connectivity index (χ1n) is 4.51. The first kappa shape index (κ1) is 12.4. The van der Waals surface area contributed by atoms with Crippen LogP contribution < -0.4 is 10.5 Å². The maximum atomic E-state index is 13.3. The van der Waals surface area contributed by atoms with Crippen LogP contribution in [-0.4, -0.2) is 24.2 Å². The van der Waals surface area contributed by atoms with Crippen LogP contribution in [0.5, 0.6) is 5.75 Å². The van der Waals surface area contributed by atoms with E-state index in [1.165, 1.54) is 18.2 Å². The standard InChI is InChI=1S/C10H11F2NO3/c11-10(12,9(13)15)7-3-1-2-4-8(7)16-6-5-14/h1-4,14H,5-6H2,(H2,13,15). The molecule has 0 aliphatic heterocycles. The fraction of sp³-hybridized carbons (Fsp3) is 0.300. The van der Waals surface area contributed by atoms with Crippen molar-refractivity contribution in [3.05, 3.63) is 29.8 Å². The molecule has 0 atom stereocenters. The van der Waals surface area contributed by atoms with Crippen LogP contribution in [0.1, 0.15) is 5.56 Å². The molecule has 0 aromatic heterocycles. The molecular weight excluding hydrogens is 220 g/mol. The lowest BCUT2D eigenvalue weighted by Crippen LogP contribution is -2.33. The monoisotopic (exact) mass is 231 g/mol. The number of nitrogens with two attached hydrogens (primary N) is 1. The topological polar surface area (TPSA) is 72.6 Å². The summed E-state index contributed by atoms with van der Waals surface area (Å²) in [5.74, 6) is -5.70. The number of halogens is 2. The minimum Gasteiger partial charge on any atom is -0.491 e. The highest BCUT2D eigenvalue weighted by molar-refractivity contribution is 5.83. The van der Waals surface area contributed by atoms with Gasteiger partial charge in [-0.1, -0.05) is 12.1 Å². The van der Waals surface area contributed by atoms with Crippen molar-refractivity contribution in [3.8, 4) is 5.75 Å². The molecule has 1 aromatic carbocycles. The van der Waals surface area contributed by atoms with Gasteiger partial charge in [-0.3, -0.25) is 4.79 Å². The maximum absolute atomic E-state index is 13.3. The Morgan fingerprint density at radius 3 is 2.62 bits per heavy atom. The Labute approximate surface area is 90.6 Å². The molecule has 0 heterocycles. The van der Waals surface area contributed by atoms with E-state index in [4.69, 9.17) is 9.84 Å². The van der Waals surface area contributed by atoms with Crippen molar-refractivity contribution in [2.45, 2.75) is 5.92 Å². The van der Waals surface area contributed by atoms with E-state index >= 15 is 0 Å². The minimum atomic E-state index is -3.79. The van der Waals surface area contributed by atoms with Crippen molar-refractivity contribution < 1.29 is 23.4 Å². The Bertz CT molecular complexity index is 382. The van der Waals surface area contributed by atoms with E-state index < -0.39 is 17.4 Å². The number of para-hydroxylation sites is 1. The molecule has 0 saturated heterocycles. The van der Waals surface area contributed by atoms with Crippen LogP contribution in [0, 0.1) is 0 Å². The van der Waals surface area contributed by atoms with E-state index in [9.17, 15) is 13.6 Å². The smallest absolute Gasteiger partial charge is 0.353 e. The SMILES string of the molecule is NC(=O)C(F)(F)c1ccccc1OCCO. The maximum Gasteiger partial charge on any atom is 0.353 e. The molecule has 1 amide bonds.